The van der Waals surface area contributed by atoms with Crippen LogP contribution in [0.4, 0.5) is 17.3 Å². The summed E-state index contributed by atoms with van der Waals surface area (Å²) >= 11 is 0. The summed E-state index contributed by atoms with van der Waals surface area (Å²) in [6, 6.07) is 8.75. The molecule has 0 atom stereocenters. The maximum absolute atomic E-state index is 13.0. The second-order valence-corrected chi connectivity index (χ2v) is 7.60. The van der Waals surface area contributed by atoms with E-state index in [9.17, 15) is 9.59 Å². The number of benzene rings is 1. The highest BCUT2D eigenvalue weighted by molar-refractivity contribution is 5.99. The van der Waals surface area contributed by atoms with Gasteiger partial charge in [-0.25, -0.2) is 4.98 Å². The van der Waals surface area contributed by atoms with Gasteiger partial charge in [0.1, 0.15) is 0 Å². The fourth-order valence-corrected chi connectivity index (χ4v) is 3.29. The summed E-state index contributed by atoms with van der Waals surface area (Å²) in [5.41, 5.74) is 2.85. The molecule has 4 rings (SSSR count). The number of rotatable bonds is 6. The van der Waals surface area contributed by atoms with Gasteiger partial charge in [0.15, 0.2) is 5.65 Å². The summed E-state index contributed by atoms with van der Waals surface area (Å²) < 4.78 is 3.32. The molecule has 0 aliphatic carbocycles. The van der Waals surface area contributed by atoms with Crippen LogP contribution in [-0.4, -0.2) is 30.2 Å². The summed E-state index contributed by atoms with van der Waals surface area (Å²) in [7, 11) is 0. The van der Waals surface area contributed by atoms with E-state index in [1.807, 2.05) is 31.6 Å². The van der Waals surface area contributed by atoms with E-state index in [-0.39, 0.29) is 17.5 Å². The van der Waals surface area contributed by atoms with Gasteiger partial charge in [0.25, 0.3) is 5.56 Å². The number of nitrogens with zero attached hydrogens (tertiary/aromatic N) is 5. The minimum absolute atomic E-state index is 0.227. The first-order chi connectivity index (χ1) is 15.4. The summed E-state index contributed by atoms with van der Waals surface area (Å²) in [6.07, 6.45) is 6.44. The monoisotopic (exact) mass is 429 g/mol. The van der Waals surface area contributed by atoms with Gasteiger partial charge >= 0.3 is 0 Å². The largest absolute Gasteiger partial charge is 0.322 e. The fourth-order valence-electron chi connectivity index (χ4n) is 3.29. The van der Waals surface area contributed by atoms with Crippen molar-refractivity contribution >= 4 is 34.3 Å². The van der Waals surface area contributed by atoms with Crippen molar-refractivity contribution in [1.29, 1.82) is 0 Å². The lowest BCUT2D eigenvalue weighted by Crippen LogP contribution is -2.20. The Morgan fingerprint density at radius 3 is 2.72 bits per heavy atom. The highest BCUT2D eigenvalue weighted by Gasteiger charge is 2.13. The van der Waals surface area contributed by atoms with Crippen molar-refractivity contribution in [1.82, 2.24) is 24.3 Å². The van der Waals surface area contributed by atoms with E-state index in [4.69, 9.17) is 0 Å². The van der Waals surface area contributed by atoms with Crippen molar-refractivity contribution in [2.75, 3.05) is 10.6 Å². The van der Waals surface area contributed by atoms with Crippen molar-refractivity contribution in [2.45, 2.75) is 26.8 Å². The molecule has 0 radical (unpaired) electrons. The van der Waals surface area contributed by atoms with Gasteiger partial charge in [0, 0.05) is 35.6 Å². The molecule has 162 valence electrons. The van der Waals surface area contributed by atoms with Crippen molar-refractivity contribution in [3.05, 3.63) is 77.5 Å². The van der Waals surface area contributed by atoms with E-state index >= 15 is 0 Å². The third-order valence-electron chi connectivity index (χ3n) is 4.91. The Morgan fingerprint density at radius 1 is 1.19 bits per heavy atom. The molecule has 0 saturated carbocycles. The van der Waals surface area contributed by atoms with E-state index in [1.54, 1.807) is 42.7 Å². The lowest BCUT2D eigenvalue weighted by molar-refractivity contribution is -0.111. The number of pyridine rings is 1. The molecular weight excluding hydrogens is 406 g/mol. The SMILES string of the molecule is C=CC(=O)Nc1cccc(-n2c(=O)cc(C)c3cnc(Nc4cnn(C(C)C)c4)nc32)c1. The molecule has 0 spiro atoms. The molecule has 4 aromatic rings. The number of carbonyl (C=O) groups excluding carboxylic acids is 1. The Balaban J connectivity index is 1.81. The third-order valence-corrected chi connectivity index (χ3v) is 4.91. The topological polar surface area (TPSA) is 107 Å². The zero-order chi connectivity index (χ0) is 22.8. The lowest BCUT2D eigenvalue weighted by atomic mass is 10.2. The maximum atomic E-state index is 13.0. The number of amides is 1. The van der Waals surface area contributed by atoms with Gasteiger partial charge in [-0.15, -0.1) is 0 Å². The van der Waals surface area contributed by atoms with Gasteiger partial charge in [0.2, 0.25) is 11.9 Å². The lowest BCUT2D eigenvalue weighted by Gasteiger charge is -2.13. The minimum Gasteiger partial charge on any atom is -0.322 e. The van der Waals surface area contributed by atoms with Crippen molar-refractivity contribution in [3.63, 3.8) is 0 Å². The van der Waals surface area contributed by atoms with Crippen LogP contribution in [0.3, 0.4) is 0 Å². The van der Waals surface area contributed by atoms with E-state index in [1.165, 1.54) is 10.6 Å². The zero-order valence-corrected chi connectivity index (χ0v) is 18.0. The molecule has 32 heavy (non-hydrogen) atoms. The molecule has 9 heteroatoms. The molecule has 0 unspecified atom stereocenters. The van der Waals surface area contributed by atoms with Crippen LogP contribution in [0.25, 0.3) is 16.7 Å². The first-order valence-corrected chi connectivity index (χ1v) is 10.1. The average Bonchev–Trinajstić information content (AvgIpc) is 3.22. The molecule has 2 N–H and O–H groups in total. The standard InChI is InChI=1S/C23H23N7O2/c1-5-20(31)26-16-7-6-8-18(10-16)30-21(32)9-15(4)19-12-24-23(28-22(19)30)27-17-11-25-29(13-17)14(2)3/h5-14H,1H2,2-4H3,(H,26,31)(H,24,27,28). The van der Waals surface area contributed by atoms with Crippen LogP contribution >= 0.6 is 0 Å². The average molecular weight is 429 g/mol. The van der Waals surface area contributed by atoms with Crippen LogP contribution in [0.1, 0.15) is 25.5 Å². The molecule has 0 fully saturated rings. The van der Waals surface area contributed by atoms with E-state index in [0.717, 1.165) is 16.6 Å². The van der Waals surface area contributed by atoms with Crippen molar-refractivity contribution < 1.29 is 4.79 Å². The van der Waals surface area contributed by atoms with Crippen LogP contribution in [-0.2, 0) is 4.79 Å². The number of aromatic nitrogens is 5. The Morgan fingerprint density at radius 2 is 2.00 bits per heavy atom. The quantitative estimate of drug-likeness (QED) is 0.452. The van der Waals surface area contributed by atoms with E-state index in [0.29, 0.717) is 23.0 Å². The first kappa shape index (κ1) is 21.0. The minimum atomic E-state index is -0.334. The van der Waals surface area contributed by atoms with E-state index < -0.39 is 0 Å². The number of hydrogen-bond donors (Lipinski definition) is 2. The number of carbonyl (C=O) groups is 1. The molecule has 0 bridgehead atoms. The smallest absolute Gasteiger partial charge is 0.257 e. The predicted molar refractivity (Wildman–Crippen MR) is 125 cm³/mol. The molecule has 0 aliphatic heterocycles. The Labute approximate surface area is 184 Å². The van der Waals surface area contributed by atoms with Crippen molar-refractivity contribution in [2.24, 2.45) is 0 Å². The second kappa shape index (κ2) is 8.46. The molecule has 0 aliphatic rings. The van der Waals surface area contributed by atoms with Crippen molar-refractivity contribution in [3.8, 4) is 5.69 Å². The van der Waals surface area contributed by atoms with Crippen LogP contribution in [0.15, 0.2) is 66.4 Å². The normalized spacial score (nSPS) is 11.0. The number of nitrogens with one attached hydrogen (secondary N) is 2. The highest BCUT2D eigenvalue weighted by atomic mass is 16.1. The number of hydrogen-bond acceptors (Lipinski definition) is 6. The summed E-state index contributed by atoms with van der Waals surface area (Å²) in [6.45, 7) is 9.38. The zero-order valence-electron chi connectivity index (χ0n) is 18.0. The van der Waals surface area contributed by atoms with Crippen LogP contribution in [0, 0.1) is 6.92 Å². The van der Waals surface area contributed by atoms with Crippen LogP contribution < -0.4 is 16.2 Å². The molecule has 9 nitrogen and oxygen atoms in total. The van der Waals surface area contributed by atoms with Gasteiger partial charge in [-0.3, -0.25) is 18.8 Å². The summed E-state index contributed by atoms with van der Waals surface area (Å²) in [4.78, 5) is 33.7. The second-order valence-electron chi connectivity index (χ2n) is 7.60. The highest BCUT2D eigenvalue weighted by Crippen LogP contribution is 2.22. The first-order valence-electron chi connectivity index (χ1n) is 10.1. The van der Waals surface area contributed by atoms with Gasteiger partial charge in [0.05, 0.1) is 17.6 Å². The maximum Gasteiger partial charge on any atom is 0.257 e. The van der Waals surface area contributed by atoms with Crippen LogP contribution in [0.2, 0.25) is 0 Å². The number of fused-ring (bicyclic) bond motifs is 1. The van der Waals surface area contributed by atoms with Gasteiger partial charge in [-0.05, 0) is 50.6 Å². The van der Waals surface area contributed by atoms with Gasteiger partial charge in [-0.1, -0.05) is 12.6 Å². The molecule has 3 heterocycles. The molecule has 1 amide bonds. The molecular formula is C23H23N7O2. The number of aryl methyl sites for hydroxylation is 1. The predicted octanol–water partition coefficient (Wildman–Crippen LogP) is 3.73. The third kappa shape index (κ3) is 4.13. The Kier molecular flexibility index (Phi) is 5.55. The Hall–Kier alpha value is -4.27. The summed E-state index contributed by atoms with van der Waals surface area (Å²) in [5, 5.41) is 10.9. The fraction of sp³-hybridized carbons (Fsp3) is 0.174. The number of anilines is 3. The van der Waals surface area contributed by atoms with Gasteiger partial charge < -0.3 is 10.6 Å². The molecule has 3 aromatic heterocycles. The Bertz CT molecular complexity index is 1380. The summed E-state index contributed by atoms with van der Waals surface area (Å²) in [5.74, 6) is 0.00897. The molecule has 1 aromatic carbocycles. The van der Waals surface area contributed by atoms with Crippen LogP contribution in [0.5, 0.6) is 0 Å². The van der Waals surface area contributed by atoms with E-state index in [2.05, 4.69) is 32.3 Å². The molecule has 0 saturated heterocycles. The van der Waals surface area contributed by atoms with Gasteiger partial charge in [-0.2, -0.15) is 10.1 Å².